The number of rotatable bonds is 2. The second-order valence-electron chi connectivity index (χ2n) is 6.30. The number of nitro groups is 1. The van der Waals surface area contributed by atoms with Crippen LogP contribution in [0.1, 0.15) is 38.5 Å². The predicted molar refractivity (Wildman–Crippen MR) is 96.0 cm³/mol. The number of non-ortho nitro benzene ring substituents is 1. The normalized spacial score (nSPS) is 24.0. The van der Waals surface area contributed by atoms with Gasteiger partial charge in [0.1, 0.15) is 0 Å². The summed E-state index contributed by atoms with van der Waals surface area (Å²) in [6, 6.07) is 4.87. The highest BCUT2D eigenvalue weighted by Crippen LogP contribution is 2.36. The Morgan fingerprint density at radius 1 is 1.30 bits per heavy atom. The molecule has 124 valence electrons. The molecule has 2 fully saturated rings. The van der Waals surface area contributed by atoms with Gasteiger partial charge in [0.25, 0.3) is 5.69 Å². The number of hydrogen-bond acceptors (Lipinski definition) is 3. The van der Waals surface area contributed by atoms with E-state index in [4.69, 9.17) is 23.8 Å². The van der Waals surface area contributed by atoms with Crippen molar-refractivity contribution in [3.63, 3.8) is 0 Å². The molecule has 1 aromatic carbocycles. The van der Waals surface area contributed by atoms with E-state index >= 15 is 0 Å². The van der Waals surface area contributed by atoms with E-state index in [0.717, 1.165) is 18.9 Å². The molecular formula is C16H20ClN3O2S. The second kappa shape index (κ2) is 7.01. The lowest BCUT2D eigenvalue weighted by Crippen LogP contribution is -2.51. The van der Waals surface area contributed by atoms with Gasteiger partial charge >= 0.3 is 0 Å². The van der Waals surface area contributed by atoms with Crippen molar-refractivity contribution in [1.82, 2.24) is 4.90 Å². The predicted octanol–water partition coefficient (Wildman–Crippen LogP) is 4.60. The van der Waals surface area contributed by atoms with E-state index in [-0.39, 0.29) is 5.69 Å². The summed E-state index contributed by atoms with van der Waals surface area (Å²) in [6.45, 7) is 0.944. The van der Waals surface area contributed by atoms with Gasteiger partial charge in [0.15, 0.2) is 5.11 Å². The lowest BCUT2D eigenvalue weighted by Gasteiger charge is -2.45. The average molecular weight is 354 g/mol. The summed E-state index contributed by atoms with van der Waals surface area (Å²) in [5.74, 6) is 0.720. The summed E-state index contributed by atoms with van der Waals surface area (Å²) >= 11 is 11.7. The molecule has 0 unspecified atom stereocenters. The first-order valence-corrected chi connectivity index (χ1v) is 8.86. The van der Waals surface area contributed by atoms with Crippen LogP contribution in [-0.2, 0) is 0 Å². The number of halogens is 1. The fraction of sp³-hybridized carbons (Fsp3) is 0.562. The number of thiocarbonyl (C=S) groups is 1. The van der Waals surface area contributed by atoms with Gasteiger partial charge in [-0.1, -0.05) is 24.4 Å². The van der Waals surface area contributed by atoms with Gasteiger partial charge in [-0.05, 0) is 49.9 Å². The molecule has 1 aliphatic carbocycles. The molecular weight excluding hydrogens is 334 g/mol. The van der Waals surface area contributed by atoms with E-state index in [1.54, 1.807) is 0 Å². The second-order valence-corrected chi connectivity index (χ2v) is 7.09. The highest BCUT2D eigenvalue weighted by molar-refractivity contribution is 7.80. The first-order chi connectivity index (χ1) is 11.1. The molecule has 0 aromatic heterocycles. The third-order valence-electron chi connectivity index (χ3n) is 4.91. The van der Waals surface area contributed by atoms with Crippen LogP contribution in [0.4, 0.5) is 11.4 Å². The van der Waals surface area contributed by atoms with Gasteiger partial charge in [0, 0.05) is 24.7 Å². The molecule has 7 heteroatoms. The molecule has 1 N–H and O–H groups in total. The number of piperidine rings is 1. The number of nitro benzene ring substituents is 1. The third-order valence-corrected chi connectivity index (χ3v) is 5.57. The van der Waals surface area contributed by atoms with Crippen molar-refractivity contribution in [2.45, 2.75) is 44.6 Å². The Balaban J connectivity index is 1.75. The Bertz CT molecular complexity index is 623. The average Bonchev–Trinajstić information content (AvgIpc) is 2.56. The van der Waals surface area contributed by atoms with Crippen molar-refractivity contribution >= 4 is 40.3 Å². The Labute approximate surface area is 146 Å². The zero-order chi connectivity index (χ0) is 16.4. The lowest BCUT2D eigenvalue weighted by atomic mass is 9.78. The van der Waals surface area contributed by atoms with Crippen LogP contribution in [0.25, 0.3) is 0 Å². The summed E-state index contributed by atoms with van der Waals surface area (Å²) in [4.78, 5) is 12.8. The molecule has 0 amide bonds. The van der Waals surface area contributed by atoms with Gasteiger partial charge in [0.2, 0.25) is 0 Å². The molecule has 0 radical (unpaired) electrons. The zero-order valence-corrected chi connectivity index (χ0v) is 14.4. The minimum absolute atomic E-state index is 0.00823. The van der Waals surface area contributed by atoms with Crippen LogP contribution in [0, 0.1) is 16.0 Å². The number of nitrogens with zero attached hydrogens (tertiary/aromatic N) is 2. The summed E-state index contributed by atoms with van der Waals surface area (Å²) in [7, 11) is 0. The van der Waals surface area contributed by atoms with E-state index in [9.17, 15) is 10.1 Å². The SMILES string of the molecule is O=[N+]([O-])c1ccc(Cl)c(NC(=S)N2CCC[C@@H]3CCCC[C@@H]32)c1. The fourth-order valence-electron chi connectivity index (χ4n) is 3.79. The number of anilines is 1. The first-order valence-electron chi connectivity index (χ1n) is 8.08. The Morgan fingerprint density at radius 3 is 2.83 bits per heavy atom. The lowest BCUT2D eigenvalue weighted by molar-refractivity contribution is -0.384. The zero-order valence-electron chi connectivity index (χ0n) is 12.8. The van der Waals surface area contributed by atoms with Crippen molar-refractivity contribution in [2.75, 3.05) is 11.9 Å². The summed E-state index contributed by atoms with van der Waals surface area (Å²) in [6.07, 6.45) is 7.44. The minimum Gasteiger partial charge on any atom is -0.346 e. The van der Waals surface area contributed by atoms with Gasteiger partial charge in [-0.25, -0.2) is 0 Å². The van der Waals surface area contributed by atoms with Crippen molar-refractivity contribution < 1.29 is 4.92 Å². The molecule has 5 nitrogen and oxygen atoms in total. The number of nitrogens with one attached hydrogen (secondary N) is 1. The molecule has 3 rings (SSSR count). The van der Waals surface area contributed by atoms with Crippen LogP contribution in [0.3, 0.4) is 0 Å². The van der Waals surface area contributed by atoms with Crippen LogP contribution in [-0.4, -0.2) is 27.5 Å². The van der Waals surface area contributed by atoms with Gasteiger partial charge in [-0.15, -0.1) is 0 Å². The number of hydrogen-bond donors (Lipinski definition) is 1. The summed E-state index contributed by atoms with van der Waals surface area (Å²) in [5, 5.41) is 15.1. The minimum atomic E-state index is -0.428. The fourth-order valence-corrected chi connectivity index (χ4v) is 4.29. The number of fused-ring (bicyclic) bond motifs is 1. The molecule has 0 bridgehead atoms. The quantitative estimate of drug-likeness (QED) is 0.478. The monoisotopic (exact) mass is 353 g/mol. The summed E-state index contributed by atoms with van der Waals surface area (Å²) in [5.41, 5.74) is 0.512. The molecule has 1 heterocycles. The molecule has 1 saturated carbocycles. The van der Waals surface area contributed by atoms with Crippen LogP contribution in [0.2, 0.25) is 5.02 Å². The smallest absolute Gasteiger partial charge is 0.271 e. The van der Waals surface area contributed by atoms with Crippen LogP contribution in [0.15, 0.2) is 18.2 Å². The van der Waals surface area contributed by atoms with E-state index in [1.165, 1.54) is 50.3 Å². The van der Waals surface area contributed by atoms with Crippen LogP contribution < -0.4 is 5.32 Å². The van der Waals surface area contributed by atoms with Crippen LogP contribution in [0.5, 0.6) is 0 Å². The molecule has 2 aliphatic rings. The van der Waals surface area contributed by atoms with Crippen molar-refractivity contribution in [3.8, 4) is 0 Å². The van der Waals surface area contributed by atoms with Gasteiger partial charge in [-0.2, -0.15) is 0 Å². The van der Waals surface area contributed by atoms with E-state index < -0.39 is 4.92 Å². The maximum absolute atomic E-state index is 10.9. The Morgan fingerprint density at radius 2 is 2.04 bits per heavy atom. The van der Waals surface area contributed by atoms with E-state index in [0.29, 0.717) is 21.9 Å². The van der Waals surface area contributed by atoms with Crippen molar-refractivity contribution in [1.29, 1.82) is 0 Å². The Kier molecular flexibility index (Phi) is 5.02. The van der Waals surface area contributed by atoms with E-state index in [1.807, 2.05) is 0 Å². The molecule has 0 spiro atoms. The van der Waals surface area contributed by atoms with Crippen molar-refractivity contribution in [3.05, 3.63) is 33.3 Å². The molecule has 2 atom stereocenters. The standard InChI is InChI=1S/C16H20ClN3O2S/c17-13-8-7-12(20(21)22)10-14(13)18-16(23)19-9-3-5-11-4-1-2-6-15(11)19/h7-8,10-11,15H,1-6,9H2,(H,18,23)/t11-,15-/m0/s1. The number of benzene rings is 1. The topological polar surface area (TPSA) is 58.4 Å². The molecule has 1 aromatic rings. The van der Waals surface area contributed by atoms with Gasteiger partial charge < -0.3 is 10.2 Å². The molecule has 23 heavy (non-hydrogen) atoms. The van der Waals surface area contributed by atoms with E-state index in [2.05, 4.69) is 10.2 Å². The maximum atomic E-state index is 10.9. The van der Waals surface area contributed by atoms with Gasteiger partial charge in [0.05, 0.1) is 15.6 Å². The molecule has 1 saturated heterocycles. The largest absolute Gasteiger partial charge is 0.346 e. The molecule has 1 aliphatic heterocycles. The third kappa shape index (κ3) is 3.58. The maximum Gasteiger partial charge on any atom is 0.271 e. The Hall–Kier alpha value is -1.40. The number of likely N-dealkylation sites (tertiary alicyclic amines) is 1. The first kappa shape index (κ1) is 16.5. The highest BCUT2D eigenvalue weighted by Gasteiger charge is 2.34. The van der Waals surface area contributed by atoms with Crippen molar-refractivity contribution in [2.24, 2.45) is 5.92 Å². The highest BCUT2D eigenvalue weighted by atomic mass is 35.5. The van der Waals surface area contributed by atoms with Crippen LogP contribution >= 0.6 is 23.8 Å². The van der Waals surface area contributed by atoms with Gasteiger partial charge in [-0.3, -0.25) is 10.1 Å². The summed E-state index contributed by atoms with van der Waals surface area (Å²) < 4.78 is 0.